The molecule has 2 unspecified atom stereocenters. The third-order valence-corrected chi connectivity index (χ3v) is 3.82. The van der Waals surface area contributed by atoms with E-state index in [2.05, 4.69) is 66.2 Å². The van der Waals surface area contributed by atoms with Gasteiger partial charge in [0.15, 0.2) is 0 Å². The van der Waals surface area contributed by atoms with E-state index in [0.717, 1.165) is 13.0 Å². The Balaban J connectivity index is 2.45. The quantitative estimate of drug-likeness (QED) is 0.827. The molecular formula is C13H23BrN2S. The number of rotatable bonds is 5. The lowest BCUT2D eigenvalue weighted by Crippen LogP contribution is -2.27. The minimum absolute atomic E-state index is 0.157. The number of hydrogen-bond donors (Lipinski definition) is 1. The molecule has 0 saturated carbocycles. The molecule has 2 nitrogen and oxygen atoms in total. The second kappa shape index (κ2) is 6.30. The van der Waals surface area contributed by atoms with Gasteiger partial charge in [0.25, 0.3) is 0 Å². The van der Waals surface area contributed by atoms with Crippen LogP contribution < -0.4 is 5.32 Å². The van der Waals surface area contributed by atoms with Crippen LogP contribution in [0.1, 0.15) is 51.7 Å². The van der Waals surface area contributed by atoms with E-state index in [1.165, 1.54) is 10.7 Å². The fraction of sp³-hybridized carbons (Fsp3) is 0.769. The first-order valence-electron chi connectivity index (χ1n) is 6.11. The molecule has 17 heavy (non-hydrogen) atoms. The van der Waals surface area contributed by atoms with Crippen molar-refractivity contribution in [2.24, 2.45) is 0 Å². The van der Waals surface area contributed by atoms with Gasteiger partial charge in [-0.05, 0) is 13.3 Å². The van der Waals surface area contributed by atoms with Crippen molar-refractivity contribution < 1.29 is 0 Å². The number of nitrogens with one attached hydrogen (secondary N) is 1. The Bertz CT molecular complexity index is 341. The largest absolute Gasteiger partial charge is 0.308 e. The van der Waals surface area contributed by atoms with E-state index in [9.17, 15) is 0 Å². The molecule has 0 fully saturated rings. The van der Waals surface area contributed by atoms with Crippen LogP contribution in [0.4, 0.5) is 0 Å². The van der Waals surface area contributed by atoms with Gasteiger partial charge in [0.1, 0.15) is 5.01 Å². The van der Waals surface area contributed by atoms with E-state index in [0.29, 0.717) is 10.9 Å². The summed E-state index contributed by atoms with van der Waals surface area (Å²) in [5, 5.41) is 6.87. The van der Waals surface area contributed by atoms with E-state index < -0.39 is 0 Å². The average Bonchev–Trinajstić information content (AvgIpc) is 2.61. The Labute approximate surface area is 117 Å². The molecule has 4 heteroatoms. The van der Waals surface area contributed by atoms with E-state index in [1.807, 2.05) is 0 Å². The third kappa shape index (κ3) is 5.49. The average molecular weight is 319 g/mol. The smallest absolute Gasteiger partial charge is 0.107 e. The lowest BCUT2D eigenvalue weighted by molar-refractivity contribution is 0.511. The van der Waals surface area contributed by atoms with Gasteiger partial charge >= 0.3 is 0 Å². The zero-order valence-corrected chi connectivity index (χ0v) is 13.8. The van der Waals surface area contributed by atoms with Gasteiger partial charge in [-0.1, -0.05) is 43.6 Å². The normalized spacial score (nSPS) is 15.9. The molecule has 1 aromatic rings. The topological polar surface area (TPSA) is 24.9 Å². The maximum absolute atomic E-state index is 4.68. The molecule has 98 valence electrons. The molecule has 0 radical (unpaired) electrons. The Morgan fingerprint density at radius 2 is 2.06 bits per heavy atom. The summed E-state index contributed by atoms with van der Waals surface area (Å²) in [6.07, 6.45) is 1.14. The molecule has 0 aliphatic rings. The summed E-state index contributed by atoms with van der Waals surface area (Å²) in [4.78, 5) is 5.24. The number of thiazole rings is 1. The minimum atomic E-state index is 0.157. The monoisotopic (exact) mass is 318 g/mol. The van der Waals surface area contributed by atoms with Crippen LogP contribution >= 0.6 is 27.3 Å². The second-order valence-electron chi connectivity index (χ2n) is 5.67. The van der Waals surface area contributed by atoms with Gasteiger partial charge in [-0.2, -0.15) is 0 Å². The first-order valence-corrected chi connectivity index (χ1v) is 7.91. The zero-order chi connectivity index (χ0) is 13.1. The molecule has 1 N–H and O–H groups in total. The standard InChI is InChI=1S/C13H23BrN2S/c1-9(14)6-10(2)15-7-12-16-11(8-17-12)13(3,4)5/h8-10,15H,6-7H2,1-5H3. The van der Waals surface area contributed by atoms with Crippen molar-refractivity contribution in [1.29, 1.82) is 0 Å². The van der Waals surface area contributed by atoms with Crippen LogP contribution in [0.2, 0.25) is 0 Å². The predicted octanol–water partition coefficient (Wildman–Crippen LogP) is 4.09. The summed E-state index contributed by atoms with van der Waals surface area (Å²) < 4.78 is 0. The van der Waals surface area contributed by atoms with Crippen molar-refractivity contribution in [2.45, 2.75) is 63.9 Å². The number of alkyl halides is 1. The Kier molecular flexibility index (Phi) is 5.61. The molecule has 1 aromatic heterocycles. The molecule has 0 aliphatic carbocycles. The SMILES string of the molecule is CC(Br)CC(C)NCc1nc(C(C)(C)C)cs1. The number of aromatic nitrogens is 1. The van der Waals surface area contributed by atoms with Crippen molar-refractivity contribution in [3.63, 3.8) is 0 Å². The van der Waals surface area contributed by atoms with Crippen LogP contribution in [-0.2, 0) is 12.0 Å². The maximum atomic E-state index is 4.68. The molecule has 0 bridgehead atoms. The third-order valence-electron chi connectivity index (χ3n) is 2.60. The number of hydrogen-bond acceptors (Lipinski definition) is 3. The summed E-state index contributed by atoms with van der Waals surface area (Å²) in [6, 6.07) is 0.520. The van der Waals surface area contributed by atoms with Gasteiger partial charge in [0.05, 0.1) is 5.69 Å². The van der Waals surface area contributed by atoms with Crippen LogP contribution in [-0.4, -0.2) is 15.9 Å². The van der Waals surface area contributed by atoms with Gasteiger partial charge < -0.3 is 5.32 Å². The Morgan fingerprint density at radius 1 is 1.41 bits per heavy atom. The van der Waals surface area contributed by atoms with E-state index in [4.69, 9.17) is 0 Å². The molecule has 0 saturated heterocycles. The first-order chi connectivity index (χ1) is 7.79. The van der Waals surface area contributed by atoms with Gasteiger partial charge in [-0.25, -0.2) is 4.98 Å². The van der Waals surface area contributed by atoms with Gasteiger partial charge in [0.2, 0.25) is 0 Å². The van der Waals surface area contributed by atoms with Crippen molar-refractivity contribution in [2.75, 3.05) is 0 Å². The summed E-state index contributed by atoms with van der Waals surface area (Å²) in [5.41, 5.74) is 1.35. The molecule has 1 heterocycles. The van der Waals surface area contributed by atoms with Gasteiger partial charge in [-0.15, -0.1) is 11.3 Å². The number of nitrogens with zero attached hydrogens (tertiary/aromatic N) is 1. The summed E-state index contributed by atoms with van der Waals surface area (Å²) >= 11 is 5.33. The van der Waals surface area contributed by atoms with Gasteiger partial charge in [-0.3, -0.25) is 0 Å². The Morgan fingerprint density at radius 3 is 2.53 bits per heavy atom. The second-order valence-corrected chi connectivity index (χ2v) is 8.18. The first kappa shape index (κ1) is 15.1. The highest BCUT2D eigenvalue weighted by atomic mass is 79.9. The molecule has 0 amide bonds. The maximum Gasteiger partial charge on any atom is 0.107 e. The molecule has 0 spiro atoms. The molecule has 0 aromatic carbocycles. The highest BCUT2D eigenvalue weighted by Crippen LogP contribution is 2.23. The lowest BCUT2D eigenvalue weighted by atomic mass is 9.93. The van der Waals surface area contributed by atoms with Crippen LogP contribution in [0.15, 0.2) is 5.38 Å². The highest BCUT2D eigenvalue weighted by molar-refractivity contribution is 9.09. The summed E-state index contributed by atoms with van der Waals surface area (Å²) in [5.74, 6) is 0. The molecular weight excluding hydrogens is 296 g/mol. The Hall–Kier alpha value is 0.0700. The van der Waals surface area contributed by atoms with Crippen molar-refractivity contribution >= 4 is 27.3 Å². The van der Waals surface area contributed by atoms with Gasteiger partial charge in [0, 0.05) is 28.2 Å². The molecule has 0 aliphatic heterocycles. The molecule has 1 rings (SSSR count). The number of halogens is 1. The minimum Gasteiger partial charge on any atom is -0.308 e. The van der Waals surface area contributed by atoms with Crippen LogP contribution in [0, 0.1) is 0 Å². The van der Waals surface area contributed by atoms with Crippen molar-refractivity contribution in [1.82, 2.24) is 10.3 Å². The van der Waals surface area contributed by atoms with Crippen LogP contribution in [0.3, 0.4) is 0 Å². The summed E-state index contributed by atoms with van der Waals surface area (Å²) in [6.45, 7) is 11.9. The van der Waals surface area contributed by atoms with Crippen LogP contribution in [0.25, 0.3) is 0 Å². The van der Waals surface area contributed by atoms with E-state index in [1.54, 1.807) is 11.3 Å². The highest BCUT2D eigenvalue weighted by Gasteiger charge is 2.17. The van der Waals surface area contributed by atoms with E-state index in [-0.39, 0.29) is 5.41 Å². The molecule has 2 atom stereocenters. The fourth-order valence-electron chi connectivity index (χ4n) is 1.57. The lowest BCUT2D eigenvalue weighted by Gasteiger charge is -2.15. The van der Waals surface area contributed by atoms with Crippen LogP contribution in [0.5, 0.6) is 0 Å². The van der Waals surface area contributed by atoms with Crippen molar-refractivity contribution in [3.8, 4) is 0 Å². The zero-order valence-electron chi connectivity index (χ0n) is 11.4. The fourth-order valence-corrected chi connectivity index (χ4v) is 3.10. The van der Waals surface area contributed by atoms with E-state index >= 15 is 0 Å². The summed E-state index contributed by atoms with van der Waals surface area (Å²) in [7, 11) is 0. The van der Waals surface area contributed by atoms with Crippen molar-refractivity contribution in [3.05, 3.63) is 16.1 Å². The predicted molar refractivity (Wildman–Crippen MR) is 80.1 cm³/mol.